The molecular formula is C20H22N4O3. The first-order valence-electron chi connectivity index (χ1n) is 8.63. The lowest BCUT2D eigenvalue weighted by atomic mass is 10.2. The fourth-order valence-corrected chi connectivity index (χ4v) is 2.37. The monoisotopic (exact) mass is 366 g/mol. The van der Waals surface area contributed by atoms with Crippen LogP contribution in [0.1, 0.15) is 0 Å². The second kappa shape index (κ2) is 8.95. The minimum absolute atomic E-state index is 0.0159. The fraction of sp³-hybridized carbons (Fsp3) is 0.250. The van der Waals surface area contributed by atoms with Crippen molar-refractivity contribution >= 4 is 5.91 Å². The molecule has 0 fully saturated rings. The smallest absolute Gasteiger partial charge is 0.257 e. The van der Waals surface area contributed by atoms with Gasteiger partial charge in [-0.3, -0.25) is 9.78 Å². The molecule has 0 aliphatic rings. The molecule has 3 rings (SSSR count). The molecule has 1 N–H and O–H groups in total. The van der Waals surface area contributed by atoms with Crippen molar-refractivity contribution in [2.45, 2.75) is 0 Å². The van der Waals surface area contributed by atoms with Crippen LogP contribution in [0, 0.1) is 0 Å². The van der Waals surface area contributed by atoms with Crippen LogP contribution >= 0.6 is 0 Å². The number of nitrogens with zero attached hydrogens (tertiary/aromatic N) is 3. The predicted octanol–water partition coefficient (Wildman–Crippen LogP) is 2.46. The summed E-state index contributed by atoms with van der Waals surface area (Å²) in [6.07, 6.45) is 5.10. The quantitative estimate of drug-likeness (QED) is 0.660. The van der Waals surface area contributed by atoms with E-state index in [0.29, 0.717) is 23.9 Å². The summed E-state index contributed by atoms with van der Waals surface area (Å²) >= 11 is 0. The Morgan fingerprint density at radius 2 is 1.85 bits per heavy atom. The van der Waals surface area contributed by atoms with Gasteiger partial charge in [-0.05, 0) is 50.5 Å². The van der Waals surface area contributed by atoms with Crippen LogP contribution in [0.15, 0.2) is 59.4 Å². The van der Waals surface area contributed by atoms with Crippen LogP contribution in [0.2, 0.25) is 0 Å². The van der Waals surface area contributed by atoms with E-state index in [9.17, 15) is 4.79 Å². The highest BCUT2D eigenvalue weighted by Crippen LogP contribution is 2.26. The van der Waals surface area contributed by atoms with Gasteiger partial charge < -0.3 is 19.4 Å². The first kappa shape index (κ1) is 18.6. The molecular weight excluding hydrogens is 344 g/mol. The highest BCUT2D eigenvalue weighted by atomic mass is 16.5. The van der Waals surface area contributed by atoms with E-state index in [0.717, 1.165) is 17.7 Å². The number of likely N-dealkylation sites (N-methyl/N-ethyl adjacent to an activating group) is 1. The first-order valence-corrected chi connectivity index (χ1v) is 8.63. The molecule has 0 aliphatic carbocycles. The van der Waals surface area contributed by atoms with E-state index in [1.165, 1.54) is 0 Å². The number of carbonyl (C=O) groups excluding carboxylic acids is 1. The fourth-order valence-electron chi connectivity index (χ4n) is 2.37. The van der Waals surface area contributed by atoms with Crippen LogP contribution in [0.5, 0.6) is 5.75 Å². The van der Waals surface area contributed by atoms with Gasteiger partial charge in [0.1, 0.15) is 5.75 Å². The standard InChI is InChI=1S/C20H22N4O3/c1-24(2)12-11-22-19(25)14-26-17-5-3-16(4-6-17)20-23-13-18(27-20)15-7-9-21-10-8-15/h3-10,13H,11-12,14H2,1-2H3,(H,22,25). The highest BCUT2D eigenvalue weighted by molar-refractivity contribution is 5.77. The van der Waals surface area contributed by atoms with E-state index < -0.39 is 0 Å². The maximum atomic E-state index is 11.7. The Bertz CT molecular complexity index is 860. The predicted molar refractivity (Wildman–Crippen MR) is 102 cm³/mol. The molecule has 0 saturated heterocycles. The van der Waals surface area contributed by atoms with Gasteiger partial charge in [0.25, 0.3) is 5.91 Å². The summed E-state index contributed by atoms with van der Waals surface area (Å²) < 4.78 is 11.3. The molecule has 27 heavy (non-hydrogen) atoms. The van der Waals surface area contributed by atoms with Crippen molar-refractivity contribution < 1.29 is 13.9 Å². The van der Waals surface area contributed by atoms with Gasteiger partial charge >= 0.3 is 0 Å². The van der Waals surface area contributed by atoms with Crippen LogP contribution in [0.4, 0.5) is 0 Å². The van der Waals surface area contributed by atoms with Crippen LogP contribution in [0.3, 0.4) is 0 Å². The van der Waals surface area contributed by atoms with Gasteiger partial charge in [0, 0.05) is 36.6 Å². The van der Waals surface area contributed by atoms with E-state index in [2.05, 4.69) is 15.3 Å². The summed E-state index contributed by atoms with van der Waals surface area (Å²) in [5, 5.41) is 2.80. The largest absolute Gasteiger partial charge is 0.484 e. The Labute approximate surface area is 158 Å². The Morgan fingerprint density at radius 1 is 1.11 bits per heavy atom. The number of rotatable bonds is 8. The van der Waals surface area contributed by atoms with Gasteiger partial charge in [-0.2, -0.15) is 0 Å². The maximum absolute atomic E-state index is 11.7. The number of oxazole rings is 1. The number of nitrogens with one attached hydrogen (secondary N) is 1. The number of pyridine rings is 1. The number of ether oxygens (including phenoxy) is 1. The zero-order valence-corrected chi connectivity index (χ0v) is 15.4. The zero-order chi connectivity index (χ0) is 19.1. The lowest BCUT2D eigenvalue weighted by Gasteiger charge is -2.11. The van der Waals surface area contributed by atoms with Crippen LogP contribution in [-0.4, -0.2) is 54.6 Å². The summed E-state index contributed by atoms with van der Waals surface area (Å²) in [7, 11) is 3.91. The van der Waals surface area contributed by atoms with Crippen molar-refractivity contribution in [1.29, 1.82) is 0 Å². The lowest BCUT2D eigenvalue weighted by Crippen LogP contribution is -2.34. The van der Waals surface area contributed by atoms with E-state index in [1.807, 2.05) is 43.3 Å². The summed E-state index contributed by atoms with van der Waals surface area (Å²) in [4.78, 5) is 22.1. The molecule has 0 unspecified atom stereocenters. The van der Waals surface area contributed by atoms with Crippen molar-refractivity contribution in [3.05, 3.63) is 55.0 Å². The minimum Gasteiger partial charge on any atom is -0.484 e. The molecule has 1 aromatic carbocycles. The molecule has 0 saturated carbocycles. The van der Waals surface area contributed by atoms with Crippen molar-refractivity contribution in [1.82, 2.24) is 20.2 Å². The summed E-state index contributed by atoms with van der Waals surface area (Å²) in [5.41, 5.74) is 1.75. The van der Waals surface area contributed by atoms with Crippen LogP contribution < -0.4 is 10.1 Å². The van der Waals surface area contributed by atoms with Crippen LogP contribution in [-0.2, 0) is 4.79 Å². The third-order valence-electron chi connectivity index (χ3n) is 3.82. The molecule has 7 heteroatoms. The Balaban J connectivity index is 1.55. The Kier molecular flexibility index (Phi) is 6.17. The average molecular weight is 366 g/mol. The van der Waals surface area contributed by atoms with E-state index in [-0.39, 0.29) is 12.5 Å². The van der Waals surface area contributed by atoms with Crippen molar-refractivity contribution in [3.63, 3.8) is 0 Å². The number of aromatic nitrogens is 2. The molecule has 1 amide bonds. The lowest BCUT2D eigenvalue weighted by molar-refractivity contribution is -0.123. The second-order valence-electron chi connectivity index (χ2n) is 6.23. The molecule has 2 aromatic heterocycles. The van der Waals surface area contributed by atoms with Gasteiger partial charge in [-0.25, -0.2) is 4.98 Å². The third kappa shape index (κ3) is 5.39. The molecule has 0 radical (unpaired) electrons. The molecule has 140 valence electrons. The summed E-state index contributed by atoms with van der Waals surface area (Å²) in [6.45, 7) is 1.37. The number of hydrogen-bond acceptors (Lipinski definition) is 6. The summed E-state index contributed by atoms with van der Waals surface area (Å²) in [6, 6.07) is 11.0. The third-order valence-corrected chi connectivity index (χ3v) is 3.82. The van der Waals surface area contributed by atoms with E-state index in [4.69, 9.17) is 9.15 Å². The first-order chi connectivity index (χ1) is 13.1. The molecule has 3 aromatic rings. The zero-order valence-electron chi connectivity index (χ0n) is 15.4. The molecule has 0 spiro atoms. The number of benzene rings is 1. The second-order valence-corrected chi connectivity index (χ2v) is 6.23. The SMILES string of the molecule is CN(C)CCNC(=O)COc1ccc(-c2ncc(-c3ccncc3)o2)cc1. The normalized spacial score (nSPS) is 10.8. The summed E-state index contributed by atoms with van der Waals surface area (Å²) in [5.74, 6) is 1.68. The molecule has 0 aliphatic heterocycles. The van der Waals surface area contributed by atoms with Gasteiger partial charge in [-0.1, -0.05) is 0 Å². The molecule has 7 nitrogen and oxygen atoms in total. The van der Waals surface area contributed by atoms with E-state index >= 15 is 0 Å². The van der Waals surface area contributed by atoms with Crippen molar-refractivity contribution in [3.8, 4) is 28.5 Å². The maximum Gasteiger partial charge on any atom is 0.257 e. The van der Waals surface area contributed by atoms with Gasteiger partial charge in [0.2, 0.25) is 5.89 Å². The van der Waals surface area contributed by atoms with Gasteiger partial charge in [0.05, 0.1) is 6.20 Å². The molecule has 0 bridgehead atoms. The number of amides is 1. The Morgan fingerprint density at radius 3 is 2.56 bits per heavy atom. The Hall–Kier alpha value is -3.19. The average Bonchev–Trinajstić information content (AvgIpc) is 3.17. The minimum atomic E-state index is -0.143. The molecule has 0 atom stereocenters. The topological polar surface area (TPSA) is 80.5 Å². The number of hydrogen-bond donors (Lipinski definition) is 1. The molecule has 2 heterocycles. The van der Waals surface area contributed by atoms with Gasteiger partial charge in [0.15, 0.2) is 12.4 Å². The number of carbonyl (C=O) groups is 1. The highest BCUT2D eigenvalue weighted by Gasteiger charge is 2.09. The van der Waals surface area contributed by atoms with Crippen molar-refractivity contribution in [2.75, 3.05) is 33.8 Å². The van der Waals surface area contributed by atoms with Gasteiger partial charge in [-0.15, -0.1) is 0 Å². The van der Waals surface area contributed by atoms with E-state index in [1.54, 1.807) is 30.7 Å². The van der Waals surface area contributed by atoms with Crippen LogP contribution in [0.25, 0.3) is 22.8 Å². The van der Waals surface area contributed by atoms with Crippen molar-refractivity contribution in [2.24, 2.45) is 0 Å².